The van der Waals surface area contributed by atoms with E-state index in [0.717, 1.165) is 10.9 Å². The van der Waals surface area contributed by atoms with Crippen molar-refractivity contribution in [3.05, 3.63) is 53.2 Å². The molecule has 1 fully saturated rings. The van der Waals surface area contributed by atoms with Gasteiger partial charge in [0, 0.05) is 23.2 Å². The van der Waals surface area contributed by atoms with Gasteiger partial charge >= 0.3 is 5.97 Å². The molecule has 0 saturated heterocycles. The molecule has 1 aliphatic rings. The Morgan fingerprint density at radius 2 is 1.73 bits per heavy atom. The van der Waals surface area contributed by atoms with Crippen LogP contribution in [0.25, 0.3) is 22.0 Å². The van der Waals surface area contributed by atoms with Crippen LogP contribution in [0.5, 0.6) is 11.5 Å². The lowest BCUT2D eigenvalue weighted by molar-refractivity contribution is -0.145. The van der Waals surface area contributed by atoms with Crippen LogP contribution >= 0.6 is 23.2 Å². The van der Waals surface area contributed by atoms with Crippen molar-refractivity contribution in [1.82, 2.24) is 15.3 Å². The van der Waals surface area contributed by atoms with Gasteiger partial charge in [-0.3, -0.25) is 9.59 Å². The third kappa shape index (κ3) is 5.42. The van der Waals surface area contributed by atoms with Crippen LogP contribution in [-0.4, -0.2) is 55.3 Å². The number of anilines is 1. The number of aromatic nitrogens is 2. The smallest absolute Gasteiger partial charge is 0.308 e. The number of carbonyl (C=O) groups excluding carboxylic acids is 2. The van der Waals surface area contributed by atoms with Gasteiger partial charge < -0.3 is 24.8 Å². The molecule has 9 nitrogen and oxygen atoms in total. The van der Waals surface area contributed by atoms with Gasteiger partial charge in [-0.05, 0) is 36.6 Å². The zero-order chi connectivity index (χ0) is 26.7. The van der Waals surface area contributed by atoms with Gasteiger partial charge in [0.05, 0.1) is 54.9 Å². The molecule has 1 aliphatic carbocycles. The van der Waals surface area contributed by atoms with Crippen LogP contribution in [0.2, 0.25) is 10.0 Å². The summed E-state index contributed by atoms with van der Waals surface area (Å²) in [7, 11) is 4.39. The van der Waals surface area contributed by atoms with Gasteiger partial charge in [-0.15, -0.1) is 0 Å². The van der Waals surface area contributed by atoms with Gasteiger partial charge in [-0.2, -0.15) is 0 Å². The van der Waals surface area contributed by atoms with Crippen LogP contribution in [0.3, 0.4) is 0 Å². The molecule has 4 rings (SSSR count). The maximum atomic E-state index is 12.1. The lowest BCUT2D eigenvalue weighted by Gasteiger charge is -2.21. The summed E-state index contributed by atoms with van der Waals surface area (Å²) in [6, 6.07) is 6.60. The first-order valence-electron chi connectivity index (χ1n) is 11.4. The average Bonchev–Trinajstić information content (AvgIpc) is 3.30. The monoisotopic (exact) mass is 544 g/mol. The Morgan fingerprint density at radius 3 is 2.35 bits per heavy atom. The van der Waals surface area contributed by atoms with Crippen molar-refractivity contribution >= 4 is 51.9 Å². The number of esters is 1. The second-order valence-corrected chi connectivity index (χ2v) is 9.27. The molecule has 0 bridgehead atoms. The number of nitrogens with zero attached hydrogens (tertiary/aromatic N) is 2. The Balaban J connectivity index is 1.63. The van der Waals surface area contributed by atoms with E-state index in [-0.39, 0.29) is 29.9 Å². The van der Waals surface area contributed by atoms with E-state index < -0.39 is 0 Å². The number of methoxy groups -OCH3 is 3. The first-order chi connectivity index (χ1) is 17.8. The topological polar surface area (TPSA) is 112 Å². The number of hydrogen-bond donors (Lipinski definition) is 2. The average molecular weight is 545 g/mol. The molecule has 37 heavy (non-hydrogen) atoms. The fourth-order valence-electron chi connectivity index (χ4n) is 4.52. The van der Waals surface area contributed by atoms with Crippen LogP contribution in [0.1, 0.15) is 12.8 Å². The quantitative estimate of drug-likeness (QED) is 0.311. The number of carbonyl (C=O) groups is 2. The van der Waals surface area contributed by atoms with Gasteiger partial charge in [0.25, 0.3) is 0 Å². The van der Waals surface area contributed by atoms with Crippen molar-refractivity contribution in [3.8, 4) is 22.6 Å². The summed E-state index contributed by atoms with van der Waals surface area (Å²) >= 11 is 13.2. The lowest BCUT2D eigenvalue weighted by Crippen LogP contribution is -2.42. The highest BCUT2D eigenvalue weighted by Gasteiger charge is 2.39. The van der Waals surface area contributed by atoms with Crippen LogP contribution in [0, 0.1) is 5.92 Å². The van der Waals surface area contributed by atoms with Crippen LogP contribution in [-0.2, 0) is 14.3 Å². The molecule has 11 heteroatoms. The molecular formula is C26H26Cl2N4O5. The SMILES string of the molecule is C=CC(=O)NC1CC(C(=O)OC)CC1Nc1ncc2cc(-c3c(Cl)c(OC)cc(OC)c3Cl)ccc2n1. The second kappa shape index (κ2) is 11.2. The van der Waals surface area contributed by atoms with Gasteiger partial charge in [0.15, 0.2) is 0 Å². The van der Waals surface area contributed by atoms with E-state index in [4.69, 9.17) is 37.4 Å². The highest BCUT2D eigenvalue weighted by Crippen LogP contribution is 2.46. The maximum absolute atomic E-state index is 12.1. The summed E-state index contributed by atoms with van der Waals surface area (Å²) in [4.78, 5) is 33.1. The molecule has 1 aromatic heterocycles. The van der Waals surface area contributed by atoms with Crippen LogP contribution < -0.4 is 20.1 Å². The molecule has 1 amide bonds. The predicted molar refractivity (Wildman–Crippen MR) is 142 cm³/mol. The van der Waals surface area contributed by atoms with E-state index in [1.165, 1.54) is 27.4 Å². The van der Waals surface area contributed by atoms with E-state index in [1.54, 1.807) is 12.3 Å². The standard InChI is InChI=1S/C26H26Cl2N4O5/c1-5-21(33)30-17-9-14(25(34)37-4)10-18(17)32-26-29-12-15-8-13(6-7-16(15)31-26)22-23(27)19(35-2)11-20(36-3)24(22)28/h5-8,11-12,14,17-18H,1,9-10H2,2-4H3,(H,30,33)(H,29,31,32). The third-order valence-electron chi connectivity index (χ3n) is 6.37. The molecule has 0 aliphatic heterocycles. The van der Waals surface area contributed by atoms with Gasteiger partial charge in [0.1, 0.15) is 11.5 Å². The summed E-state index contributed by atoms with van der Waals surface area (Å²) in [6.07, 6.45) is 3.77. The fourth-order valence-corrected chi connectivity index (χ4v) is 5.24. The van der Waals surface area contributed by atoms with Crippen LogP contribution in [0.4, 0.5) is 5.95 Å². The maximum Gasteiger partial charge on any atom is 0.308 e. The summed E-state index contributed by atoms with van der Waals surface area (Å²) < 4.78 is 15.7. The molecule has 1 heterocycles. The van der Waals surface area contributed by atoms with Crippen molar-refractivity contribution in [2.24, 2.45) is 5.92 Å². The van der Waals surface area contributed by atoms with Crippen molar-refractivity contribution in [3.63, 3.8) is 0 Å². The van der Waals surface area contributed by atoms with Crippen molar-refractivity contribution in [2.75, 3.05) is 26.6 Å². The predicted octanol–water partition coefficient (Wildman–Crippen LogP) is 4.66. The highest BCUT2D eigenvalue weighted by atomic mass is 35.5. The second-order valence-electron chi connectivity index (χ2n) is 8.51. The Kier molecular flexibility index (Phi) is 8.04. The minimum Gasteiger partial charge on any atom is -0.495 e. The number of hydrogen-bond acceptors (Lipinski definition) is 8. The van der Waals surface area contributed by atoms with Crippen molar-refractivity contribution in [1.29, 1.82) is 0 Å². The highest BCUT2D eigenvalue weighted by molar-refractivity contribution is 6.41. The number of rotatable bonds is 8. The molecular weight excluding hydrogens is 519 g/mol. The molecule has 3 aromatic rings. The Morgan fingerprint density at radius 1 is 1.05 bits per heavy atom. The Labute approximate surface area is 224 Å². The first-order valence-corrected chi connectivity index (χ1v) is 12.2. The summed E-state index contributed by atoms with van der Waals surface area (Å²) in [5, 5.41) is 7.61. The minimum absolute atomic E-state index is 0.272. The molecule has 0 radical (unpaired) electrons. The fraction of sp³-hybridized carbons (Fsp3) is 0.308. The lowest BCUT2D eigenvalue weighted by atomic mass is 10.0. The number of benzene rings is 2. The minimum atomic E-state index is -0.352. The van der Waals surface area contributed by atoms with E-state index in [0.29, 0.717) is 51.4 Å². The molecule has 1 saturated carbocycles. The Hall–Kier alpha value is -3.56. The van der Waals surface area contributed by atoms with Gasteiger partial charge in [-0.25, -0.2) is 9.97 Å². The molecule has 2 N–H and O–H groups in total. The zero-order valence-corrected chi connectivity index (χ0v) is 22.0. The van der Waals surface area contributed by atoms with Crippen molar-refractivity contribution in [2.45, 2.75) is 24.9 Å². The number of nitrogens with one attached hydrogen (secondary N) is 2. The number of halogens is 2. The third-order valence-corrected chi connectivity index (χ3v) is 7.12. The largest absolute Gasteiger partial charge is 0.495 e. The molecule has 3 unspecified atom stereocenters. The molecule has 194 valence electrons. The van der Waals surface area contributed by atoms with E-state index in [2.05, 4.69) is 27.2 Å². The van der Waals surface area contributed by atoms with E-state index in [1.807, 2.05) is 18.2 Å². The van der Waals surface area contributed by atoms with E-state index >= 15 is 0 Å². The van der Waals surface area contributed by atoms with Crippen LogP contribution in [0.15, 0.2) is 43.1 Å². The normalized spacial score (nSPS) is 18.8. The zero-order valence-electron chi connectivity index (χ0n) is 20.5. The summed E-state index contributed by atoms with van der Waals surface area (Å²) in [6.45, 7) is 3.50. The first kappa shape index (κ1) is 26.5. The molecule has 3 atom stereocenters. The summed E-state index contributed by atoms with van der Waals surface area (Å²) in [5.41, 5.74) is 2.00. The van der Waals surface area contributed by atoms with Gasteiger partial charge in [-0.1, -0.05) is 35.8 Å². The van der Waals surface area contributed by atoms with E-state index in [9.17, 15) is 9.59 Å². The molecule has 0 spiro atoms. The van der Waals surface area contributed by atoms with Gasteiger partial charge in [0.2, 0.25) is 11.9 Å². The Bertz CT molecular complexity index is 1340. The summed E-state index contributed by atoms with van der Waals surface area (Å²) in [5.74, 6) is 0.256. The number of amides is 1. The molecule has 2 aromatic carbocycles. The number of ether oxygens (including phenoxy) is 3. The van der Waals surface area contributed by atoms with Crippen molar-refractivity contribution < 1.29 is 23.8 Å². The number of fused-ring (bicyclic) bond motifs is 1.